The second-order valence-electron chi connectivity index (χ2n) is 7.26. The van der Waals surface area contributed by atoms with Crippen molar-refractivity contribution < 1.29 is 0 Å². The van der Waals surface area contributed by atoms with Crippen LogP contribution in [0.1, 0.15) is 24.1 Å². The van der Waals surface area contributed by atoms with Crippen LogP contribution in [0.2, 0.25) is 0 Å². The maximum atomic E-state index is 6.03. The highest BCUT2D eigenvalue weighted by Crippen LogP contribution is 2.28. The lowest BCUT2D eigenvalue weighted by Crippen LogP contribution is -2.44. The number of hydrogen-bond donors (Lipinski definition) is 4. The average molecular weight is 443 g/mol. The highest BCUT2D eigenvalue weighted by Gasteiger charge is 2.23. The predicted octanol–water partition coefficient (Wildman–Crippen LogP) is 4.46. The Morgan fingerprint density at radius 2 is 1.66 bits per heavy atom. The first-order valence-electron chi connectivity index (χ1n) is 10.4. The van der Waals surface area contributed by atoms with Crippen molar-refractivity contribution in [2.24, 2.45) is 10.1 Å². The second kappa shape index (κ2) is 10.5. The Kier molecular flexibility index (Phi) is 7.09. The third-order valence-corrected chi connectivity index (χ3v) is 6.01. The summed E-state index contributed by atoms with van der Waals surface area (Å²) in [5, 5.41) is 4.85. The van der Waals surface area contributed by atoms with E-state index in [4.69, 9.17) is 10.7 Å². The van der Waals surface area contributed by atoms with Gasteiger partial charge in [0.1, 0.15) is 6.04 Å². The highest BCUT2D eigenvalue weighted by atomic mass is 32.2. The van der Waals surface area contributed by atoms with E-state index in [1.54, 1.807) is 11.8 Å². The normalized spacial score (nSPS) is 16.6. The number of aliphatic imine (C=N–C) groups is 1. The molecule has 0 aliphatic carbocycles. The van der Waals surface area contributed by atoms with Gasteiger partial charge in [-0.2, -0.15) is 5.10 Å². The number of hydrazine groups is 1. The lowest BCUT2D eigenvalue weighted by molar-refractivity contribution is 0.735. The van der Waals surface area contributed by atoms with Gasteiger partial charge in [0.05, 0.1) is 5.71 Å². The van der Waals surface area contributed by atoms with E-state index >= 15 is 0 Å². The Balaban J connectivity index is 1.40. The van der Waals surface area contributed by atoms with Gasteiger partial charge in [0.2, 0.25) is 5.96 Å². The minimum Gasteiger partial charge on any atom is -0.398 e. The number of nitrogens with two attached hydrogens (primary N) is 1. The second-order valence-corrected chi connectivity index (χ2v) is 8.67. The molecular formula is C25H26N6S. The number of guanidine groups is 1. The summed E-state index contributed by atoms with van der Waals surface area (Å²) in [7, 11) is 0. The summed E-state index contributed by atoms with van der Waals surface area (Å²) in [6.45, 7) is 2.12. The Bertz CT molecular complexity index is 1110. The van der Waals surface area contributed by atoms with Crippen LogP contribution in [0.25, 0.3) is 0 Å². The summed E-state index contributed by atoms with van der Waals surface area (Å²) in [5.74, 6) is 0.552. The van der Waals surface area contributed by atoms with E-state index in [9.17, 15) is 0 Å². The summed E-state index contributed by atoms with van der Waals surface area (Å²) < 4.78 is 0. The zero-order valence-electron chi connectivity index (χ0n) is 17.8. The van der Waals surface area contributed by atoms with E-state index in [1.807, 2.05) is 79.0 Å². The molecule has 1 aliphatic heterocycles. The number of hydrogen-bond acceptors (Lipinski definition) is 7. The number of benzene rings is 3. The van der Waals surface area contributed by atoms with Gasteiger partial charge in [0.15, 0.2) is 0 Å². The molecular weight excluding hydrogens is 416 g/mol. The number of nitrogens with one attached hydrogen (secondary N) is 3. The molecule has 32 heavy (non-hydrogen) atoms. The van der Waals surface area contributed by atoms with E-state index in [0.29, 0.717) is 5.96 Å². The fourth-order valence-electron chi connectivity index (χ4n) is 3.27. The lowest BCUT2D eigenvalue weighted by Gasteiger charge is -2.23. The largest absolute Gasteiger partial charge is 0.398 e. The van der Waals surface area contributed by atoms with Crippen molar-refractivity contribution in [3.05, 3.63) is 108 Å². The highest BCUT2D eigenvalue weighted by molar-refractivity contribution is 8.00. The molecule has 1 aliphatic rings. The molecule has 2 atom stereocenters. The van der Waals surface area contributed by atoms with Crippen LogP contribution >= 0.6 is 11.8 Å². The number of rotatable bonds is 7. The quantitative estimate of drug-likeness (QED) is 0.247. The SMILES string of the molecule is C[C@H](/C=C/NNC1=N[C@H](c2ccccc2)C(c2ccccc2)=NN1)Sc1ccccc1N. The summed E-state index contributed by atoms with van der Waals surface area (Å²) in [4.78, 5) is 5.92. The molecule has 0 bridgehead atoms. The molecule has 6 nitrogen and oxygen atoms in total. The molecule has 0 saturated carbocycles. The number of para-hydroxylation sites is 1. The number of hydrazone groups is 1. The van der Waals surface area contributed by atoms with Crippen LogP contribution in [0, 0.1) is 0 Å². The molecule has 0 amide bonds. The molecule has 0 unspecified atom stereocenters. The van der Waals surface area contributed by atoms with E-state index in [1.165, 1.54) is 0 Å². The molecule has 0 aromatic heterocycles. The number of nitrogen functional groups attached to an aromatic ring is 1. The third-order valence-electron chi connectivity index (χ3n) is 4.86. The topological polar surface area (TPSA) is 86.8 Å². The molecule has 7 heteroatoms. The van der Waals surface area contributed by atoms with Crippen LogP contribution < -0.4 is 22.0 Å². The van der Waals surface area contributed by atoms with Crippen LogP contribution in [0.4, 0.5) is 5.69 Å². The van der Waals surface area contributed by atoms with E-state index in [0.717, 1.165) is 27.4 Å². The first-order valence-corrected chi connectivity index (χ1v) is 11.3. The molecule has 0 saturated heterocycles. The zero-order chi connectivity index (χ0) is 22.2. The minimum atomic E-state index is -0.205. The molecule has 1 heterocycles. The van der Waals surface area contributed by atoms with E-state index < -0.39 is 0 Å². The molecule has 0 spiro atoms. The van der Waals surface area contributed by atoms with Gasteiger partial charge in [-0.3, -0.25) is 5.43 Å². The smallest absolute Gasteiger partial charge is 0.232 e. The van der Waals surface area contributed by atoms with Gasteiger partial charge in [-0.05, 0) is 24.6 Å². The molecule has 3 aromatic carbocycles. The summed E-state index contributed by atoms with van der Waals surface area (Å²) in [5.41, 5.74) is 19.0. The monoisotopic (exact) mass is 442 g/mol. The Morgan fingerprint density at radius 1 is 0.969 bits per heavy atom. The molecule has 4 rings (SSSR count). The first kappa shape index (κ1) is 21.5. The van der Waals surface area contributed by atoms with Crippen molar-refractivity contribution in [3.8, 4) is 0 Å². The third kappa shape index (κ3) is 5.50. The molecule has 0 fully saturated rings. The van der Waals surface area contributed by atoms with Crippen molar-refractivity contribution in [2.75, 3.05) is 5.73 Å². The Labute approximate surface area is 192 Å². The van der Waals surface area contributed by atoms with Gasteiger partial charge in [0, 0.05) is 27.6 Å². The van der Waals surface area contributed by atoms with Gasteiger partial charge < -0.3 is 11.2 Å². The Morgan fingerprint density at radius 3 is 2.41 bits per heavy atom. The van der Waals surface area contributed by atoms with E-state index in [2.05, 4.69) is 46.5 Å². The number of anilines is 1. The molecule has 0 radical (unpaired) electrons. The van der Waals surface area contributed by atoms with Gasteiger partial charge in [0.25, 0.3) is 0 Å². The average Bonchev–Trinajstić information content (AvgIpc) is 2.84. The van der Waals surface area contributed by atoms with Crippen molar-refractivity contribution in [2.45, 2.75) is 23.1 Å². The lowest BCUT2D eigenvalue weighted by atomic mass is 9.97. The van der Waals surface area contributed by atoms with Gasteiger partial charge in [-0.1, -0.05) is 78.9 Å². The van der Waals surface area contributed by atoms with Crippen molar-refractivity contribution >= 4 is 29.1 Å². The summed E-state index contributed by atoms with van der Waals surface area (Å²) >= 11 is 1.70. The fourth-order valence-corrected chi connectivity index (χ4v) is 4.19. The van der Waals surface area contributed by atoms with Gasteiger partial charge in [-0.15, -0.1) is 11.8 Å². The van der Waals surface area contributed by atoms with Gasteiger partial charge in [-0.25, -0.2) is 10.4 Å². The molecule has 3 aromatic rings. The summed E-state index contributed by atoms with van der Waals surface area (Å²) in [6.07, 6.45) is 3.91. The summed E-state index contributed by atoms with van der Waals surface area (Å²) in [6, 6.07) is 27.9. The van der Waals surface area contributed by atoms with Crippen molar-refractivity contribution in [1.82, 2.24) is 16.3 Å². The molecule has 162 valence electrons. The number of nitrogens with zero attached hydrogens (tertiary/aromatic N) is 2. The zero-order valence-corrected chi connectivity index (χ0v) is 18.6. The van der Waals surface area contributed by atoms with Crippen LogP contribution in [0.3, 0.4) is 0 Å². The van der Waals surface area contributed by atoms with Crippen LogP contribution in [-0.2, 0) is 0 Å². The Hall–Kier alpha value is -3.71. The standard InChI is InChI=1S/C25H26N6S/c1-18(32-22-15-9-8-14-21(22)26)16-17-27-30-25-28-23(19-10-4-2-5-11-19)24(29-31-25)20-12-6-3-7-13-20/h2-18,23,27H,26H2,1H3,(H2,28,30,31)/b17-16+/t18-,23-/m1/s1. The van der Waals surface area contributed by atoms with Gasteiger partial charge >= 0.3 is 0 Å². The van der Waals surface area contributed by atoms with E-state index in [-0.39, 0.29) is 11.3 Å². The first-order chi connectivity index (χ1) is 15.7. The maximum absolute atomic E-state index is 6.03. The van der Waals surface area contributed by atoms with Crippen LogP contribution in [0.5, 0.6) is 0 Å². The maximum Gasteiger partial charge on any atom is 0.232 e. The van der Waals surface area contributed by atoms with Crippen molar-refractivity contribution in [1.29, 1.82) is 0 Å². The number of thioether (sulfide) groups is 1. The predicted molar refractivity (Wildman–Crippen MR) is 134 cm³/mol. The van der Waals surface area contributed by atoms with Crippen LogP contribution in [-0.4, -0.2) is 16.9 Å². The minimum absolute atomic E-state index is 0.205. The fraction of sp³-hybridized carbons (Fsp3) is 0.120. The molecule has 5 N–H and O–H groups in total. The van der Waals surface area contributed by atoms with Crippen molar-refractivity contribution in [3.63, 3.8) is 0 Å². The van der Waals surface area contributed by atoms with Crippen LogP contribution in [0.15, 0.2) is 112 Å².